The molecule has 0 unspecified atom stereocenters. The fourth-order valence-corrected chi connectivity index (χ4v) is 1.42. The Balaban J connectivity index is 3.91. The van der Waals surface area contributed by atoms with Gasteiger partial charge in [0.1, 0.15) is 0 Å². The summed E-state index contributed by atoms with van der Waals surface area (Å²) in [5.74, 6) is 0. The van der Waals surface area contributed by atoms with Gasteiger partial charge in [-0.25, -0.2) is 4.79 Å². The Bertz CT molecular complexity index is 189. The summed E-state index contributed by atoms with van der Waals surface area (Å²) in [7, 11) is 0. The molecule has 0 bridgehead atoms. The summed E-state index contributed by atoms with van der Waals surface area (Å²) in [5, 5.41) is 0. The molecule has 1 amide bonds. The van der Waals surface area contributed by atoms with Crippen LogP contribution >= 0.6 is 0 Å². The number of carbonyl (C=O) groups is 1. The summed E-state index contributed by atoms with van der Waals surface area (Å²) in [4.78, 5) is 13.5. The van der Waals surface area contributed by atoms with Gasteiger partial charge in [-0.1, -0.05) is 13.3 Å². The summed E-state index contributed by atoms with van der Waals surface area (Å²) >= 11 is 0. The van der Waals surface area contributed by atoms with Crippen LogP contribution in [0.15, 0.2) is 0 Å². The highest BCUT2D eigenvalue weighted by atomic mass is 16.6. The van der Waals surface area contributed by atoms with E-state index in [4.69, 9.17) is 16.2 Å². The highest BCUT2D eigenvalue weighted by Crippen LogP contribution is 2.01. The molecule has 0 aromatic rings. The van der Waals surface area contributed by atoms with Crippen LogP contribution in [0.5, 0.6) is 0 Å². The molecule has 0 saturated carbocycles. The van der Waals surface area contributed by atoms with E-state index < -0.39 is 0 Å². The van der Waals surface area contributed by atoms with E-state index in [1.54, 1.807) is 4.90 Å². The first-order valence-electron chi connectivity index (χ1n) is 6.58. The van der Waals surface area contributed by atoms with Gasteiger partial charge in [0.15, 0.2) is 0 Å². The van der Waals surface area contributed by atoms with E-state index in [0.29, 0.717) is 32.8 Å². The van der Waals surface area contributed by atoms with E-state index >= 15 is 0 Å². The number of ether oxygens (including phenoxy) is 1. The molecular formula is C12H27N3O2. The molecule has 5 heteroatoms. The van der Waals surface area contributed by atoms with Crippen LogP contribution in [0.25, 0.3) is 0 Å². The van der Waals surface area contributed by atoms with Crippen LogP contribution in [0.2, 0.25) is 0 Å². The molecule has 4 N–H and O–H groups in total. The van der Waals surface area contributed by atoms with Crippen molar-refractivity contribution in [2.45, 2.75) is 39.0 Å². The summed E-state index contributed by atoms with van der Waals surface area (Å²) < 4.78 is 5.19. The second-order valence-corrected chi connectivity index (χ2v) is 4.09. The van der Waals surface area contributed by atoms with E-state index in [1.807, 2.05) is 0 Å². The Morgan fingerprint density at radius 3 is 2.29 bits per heavy atom. The Labute approximate surface area is 104 Å². The van der Waals surface area contributed by atoms with Gasteiger partial charge in [-0.15, -0.1) is 0 Å². The van der Waals surface area contributed by atoms with E-state index in [-0.39, 0.29) is 6.09 Å². The van der Waals surface area contributed by atoms with Crippen LogP contribution in [0, 0.1) is 0 Å². The van der Waals surface area contributed by atoms with E-state index in [0.717, 1.165) is 32.1 Å². The average Bonchev–Trinajstić information content (AvgIpc) is 2.33. The van der Waals surface area contributed by atoms with Crippen molar-refractivity contribution in [3.63, 3.8) is 0 Å². The minimum absolute atomic E-state index is 0.219. The van der Waals surface area contributed by atoms with Crippen molar-refractivity contribution >= 4 is 6.09 Å². The van der Waals surface area contributed by atoms with Gasteiger partial charge in [0.05, 0.1) is 6.61 Å². The fraction of sp³-hybridized carbons (Fsp3) is 0.917. The van der Waals surface area contributed by atoms with Crippen molar-refractivity contribution in [3.05, 3.63) is 0 Å². The molecule has 0 aromatic carbocycles. The predicted octanol–water partition coefficient (Wildman–Crippen LogP) is 1.31. The minimum Gasteiger partial charge on any atom is -0.449 e. The maximum absolute atomic E-state index is 11.7. The van der Waals surface area contributed by atoms with Gasteiger partial charge >= 0.3 is 6.09 Å². The number of nitrogens with zero attached hydrogens (tertiary/aromatic N) is 1. The zero-order valence-electron chi connectivity index (χ0n) is 11.0. The minimum atomic E-state index is -0.219. The number of hydrogen-bond donors (Lipinski definition) is 2. The van der Waals surface area contributed by atoms with Crippen LogP contribution in [0.1, 0.15) is 39.0 Å². The maximum atomic E-state index is 11.7. The second-order valence-electron chi connectivity index (χ2n) is 4.09. The molecule has 17 heavy (non-hydrogen) atoms. The van der Waals surface area contributed by atoms with Gasteiger partial charge in [-0.3, -0.25) is 0 Å². The molecule has 0 fully saturated rings. The highest BCUT2D eigenvalue weighted by molar-refractivity contribution is 5.67. The SMILES string of the molecule is CCCCOC(=O)N(CCCN)CCCCN. The number of nitrogens with two attached hydrogens (primary N) is 2. The standard InChI is InChI=1S/C12H27N3O2/c1-2-3-11-17-12(16)15(10-6-8-14)9-5-4-7-13/h2-11,13-14H2,1H3. The summed E-state index contributed by atoms with van der Waals surface area (Å²) in [6, 6.07) is 0. The molecular weight excluding hydrogens is 218 g/mol. The summed E-state index contributed by atoms with van der Waals surface area (Å²) in [6.45, 7) is 5.21. The first-order chi connectivity index (χ1) is 8.26. The number of hydrogen-bond acceptors (Lipinski definition) is 4. The molecule has 0 aromatic heterocycles. The third-order valence-corrected chi connectivity index (χ3v) is 2.50. The Morgan fingerprint density at radius 2 is 1.71 bits per heavy atom. The molecule has 0 saturated heterocycles. The smallest absolute Gasteiger partial charge is 0.409 e. The van der Waals surface area contributed by atoms with Crippen LogP contribution < -0.4 is 11.5 Å². The topological polar surface area (TPSA) is 81.6 Å². The lowest BCUT2D eigenvalue weighted by Crippen LogP contribution is -2.34. The zero-order valence-corrected chi connectivity index (χ0v) is 11.0. The molecule has 0 aliphatic carbocycles. The van der Waals surface area contributed by atoms with Gasteiger partial charge in [-0.2, -0.15) is 0 Å². The summed E-state index contributed by atoms with van der Waals surface area (Å²) in [5.41, 5.74) is 10.9. The third kappa shape index (κ3) is 8.94. The summed E-state index contributed by atoms with van der Waals surface area (Å²) in [6.07, 6.45) is 4.39. The molecule has 0 aliphatic rings. The monoisotopic (exact) mass is 245 g/mol. The largest absolute Gasteiger partial charge is 0.449 e. The molecule has 0 spiro atoms. The van der Waals surface area contributed by atoms with Gasteiger partial charge in [0.25, 0.3) is 0 Å². The van der Waals surface area contributed by atoms with Gasteiger partial charge in [-0.05, 0) is 38.8 Å². The number of unbranched alkanes of at least 4 members (excludes halogenated alkanes) is 2. The fourth-order valence-electron chi connectivity index (χ4n) is 1.42. The van der Waals surface area contributed by atoms with Crippen molar-refractivity contribution < 1.29 is 9.53 Å². The van der Waals surface area contributed by atoms with Crippen molar-refractivity contribution in [1.29, 1.82) is 0 Å². The Kier molecular flexibility index (Phi) is 11.1. The molecule has 0 rings (SSSR count). The number of carbonyl (C=O) groups excluding carboxylic acids is 1. The molecule has 102 valence electrons. The lowest BCUT2D eigenvalue weighted by atomic mass is 10.3. The quantitative estimate of drug-likeness (QED) is 0.569. The van der Waals surface area contributed by atoms with E-state index in [9.17, 15) is 4.79 Å². The first-order valence-corrected chi connectivity index (χ1v) is 6.58. The highest BCUT2D eigenvalue weighted by Gasteiger charge is 2.13. The normalized spacial score (nSPS) is 10.3. The predicted molar refractivity (Wildman–Crippen MR) is 69.8 cm³/mol. The van der Waals surface area contributed by atoms with E-state index in [2.05, 4.69) is 6.92 Å². The third-order valence-electron chi connectivity index (χ3n) is 2.50. The number of amides is 1. The van der Waals surface area contributed by atoms with Crippen molar-refractivity contribution in [3.8, 4) is 0 Å². The molecule has 0 atom stereocenters. The first kappa shape index (κ1) is 16.2. The van der Waals surface area contributed by atoms with E-state index in [1.165, 1.54) is 0 Å². The zero-order chi connectivity index (χ0) is 12.9. The Morgan fingerprint density at radius 1 is 1.06 bits per heavy atom. The molecule has 0 aliphatic heterocycles. The molecule has 0 radical (unpaired) electrons. The maximum Gasteiger partial charge on any atom is 0.409 e. The number of rotatable bonds is 10. The lowest BCUT2D eigenvalue weighted by Gasteiger charge is -2.21. The molecule has 5 nitrogen and oxygen atoms in total. The van der Waals surface area contributed by atoms with Crippen LogP contribution in [0.4, 0.5) is 4.79 Å². The molecule has 0 heterocycles. The van der Waals surface area contributed by atoms with Gasteiger partial charge < -0.3 is 21.1 Å². The average molecular weight is 245 g/mol. The van der Waals surface area contributed by atoms with Crippen molar-refractivity contribution in [2.75, 3.05) is 32.8 Å². The second kappa shape index (κ2) is 11.7. The van der Waals surface area contributed by atoms with Crippen molar-refractivity contribution in [1.82, 2.24) is 4.90 Å². The Hall–Kier alpha value is -0.810. The van der Waals surface area contributed by atoms with Gasteiger partial charge in [0, 0.05) is 13.1 Å². The lowest BCUT2D eigenvalue weighted by molar-refractivity contribution is 0.100. The van der Waals surface area contributed by atoms with Crippen LogP contribution in [-0.2, 0) is 4.74 Å². The van der Waals surface area contributed by atoms with Crippen LogP contribution in [0.3, 0.4) is 0 Å². The van der Waals surface area contributed by atoms with Crippen molar-refractivity contribution in [2.24, 2.45) is 11.5 Å². The van der Waals surface area contributed by atoms with Gasteiger partial charge in [0.2, 0.25) is 0 Å². The van der Waals surface area contributed by atoms with Crippen LogP contribution in [-0.4, -0.2) is 43.8 Å².